The maximum Gasteiger partial charge on any atom is 0.316 e. The van der Waals surface area contributed by atoms with Gasteiger partial charge in [-0.2, -0.15) is 0 Å². The lowest BCUT2D eigenvalue weighted by Crippen LogP contribution is -2.36. The minimum atomic E-state index is -0.710. The molecule has 1 fully saturated rings. The van der Waals surface area contributed by atoms with Crippen molar-refractivity contribution in [2.45, 2.75) is 32.4 Å². The highest BCUT2D eigenvalue weighted by Crippen LogP contribution is 2.21. The Morgan fingerprint density at radius 3 is 2.90 bits per heavy atom. The van der Waals surface area contributed by atoms with Gasteiger partial charge in [0.1, 0.15) is 12.4 Å². The number of fused-ring (bicyclic) bond motifs is 1. The van der Waals surface area contributed by atoms with Gasteiger partial charge in [-0.3, -0.25) is 14.4 Å². The summed E-state index contributed by atoms with van der Waals surface area (Å²) in [6, 6.07) is 12.0. The summed E-state index contributed by atoms with van der Waals surface area (Å²) in [5.74, 6) is 0.321. The van der Waals surface area contributed by atoms with Crippen molar-refractivity contribution in [1.29, 1.82) is 0 Å². The molecule has 30 heavy (non-hydrogen) atoms. The number of aryl methyl sites for hydroxylation is 1. The van der Waals surface area contributed by atoms with Crippen molar-refractivity contribution in [2.75, 3.05) is 18.5 Å². The van der Waals surface area contributed by atoms with Crippen LogP contribution in [-0.4, -0.2) is 34.8 Å². The maximum absolute atomic E-state index is 12.7. The minimum absolute atomic E-state index is 0.114. The highest BCUT2D eigenvalue weighted by molar-refractivity contribution is 6.06. The fraction of sp³-hybridized carbons (Fsp3) is 0.318. The predicted octanol–water partition coefficient (Wildman–Crippen LogP) is 2.52. The van der Waals surface area contributed by atoms with Crippen LogP contribution in [0.15, 0.2) is 52.1 Å². The molecule has 8 nitrogen and oxygen atoms in total. The van der Waals surface area contributed by atoms with Gasteiger partial charge in [-0.25, -0.2) is 0 Å². The first kappa shape index (κ1) is 19.9. The molecular weight excluding hydrogens is 386 g/mol. The van der Waals surface area contributed by atoms with Crippen molar-refractivity contribution < 1.29 is 14.3 Å². The number of benzene rings is 2. The lowest BCUT2D eigenvalue weighted by atomic mass is 10.1. The molecular formula is C22H23N3O5. The van der Waals surface area contributed by atoms with Gasteiger partial charge < -0.3 is 24.3 Å². The van der Waals surface area contributed by atoms with Gasteiger partial charge in [-0.05, 0) is 50.1 Å². The van der Waals surface area contributed by atoms with E-state index in [1.807, 2.05) is 6.07 Å². The number of nitrogens with one attached hydrogen (secondary N) is 2. The third-order valence-electron chi connectivity index (χ3n) is 5.11. The number of aromatic nitrogens is 2. The Morgan fingerprint density at radius 1 is 1.27 bits per heavy atom. The van der Waals surface area contributed by atoms with Gasteiger partial charge in [-0.15, -0.1) is 0 Å². The standard InChI is InChI=1S/C22H23N3O5/c1-2-25-19-9-8-14(11-18(19)24-21(27)22(25)28)20(26)23-15-5-3-6-16(12-15)30-13-17-7-4-10-29-17/h3,5-6,8-9,11-12,17H,2,4,7,10,13H2,1H3,(H,23,26)(H,24,27)/t17-/m1/s1. The molecule has 1 saturated heterocycles. The van der Waals surface area contributed by atoms with E-state index in [4.69, 9.17) is 9.47 Å². The summed E-state index contributed by atoms with van der Waals surface area (Å²) in [7, 11) is 0. The van der Waals surface area contributed by atoms with Gasteiger partial charge in [0, 0.05) is 30.5 Å². The number of aromatic amines is 1. The van der Waals surface area contributed by atoms with E-state index in [2.05, 4.69) is 10.3 Å². The number of hydrogen-bond donors (Lipinski definition) is 2. The van der Waals surface area contributed by atoms with E-state index < -0.39 is 11.1 Å². The average molecular weight is 409 g/mol. The highest BCUT2D eigenvalue weighted by atomic mass is 16.5. The van der Waals surface area contributed by atoms with Gasteiger partial charge in [0.2, 0.25) is 0 Å². The van der Waals surface area contributed by atoms with E-state index in [-0.39, 0.29) is 12.0 Å². The zero-order valence-corrected chi connectivity index (χ0v) is 16.6. The smallest absolute Gasteiger partial charge is 0.316 e. The number of hydrogen-bond acceptors (Lipinski definition) is 5. The first-order valence-electron chi connectivity index (χ1n) is 9.98. The number of carbonyl (C=O) groups is 1. The van der Waals surface area contributed by atoms with E-state index in [9.17, 15) is 14.4 Å². The molecule has 2 heterocycles. The number of anilines is 1. The Balaban J connectivity index is 1.51. The lowest BCUT2D eigenvalue weighted by Gasteiger charge is -2.13. The van der Waals surface area contributed by atoms with Gasteiger partial charge in [0.15, 0.2) is 0 Å². The van der Waals surface area contributed by atoms with Crippen molar-refractivity contribution in [3.63, 3.8) is 0 Å². The van der Waals surface area contributed by atoms with E-state index in [1.54, 1.807) is 43.3 Å². The van der Waals surface area contributed by atoms with Crippen molar-refractivity contribution in [3.05, 3.63) is 68.7 Å². The van der Waals surface area contributed by atoms with Crippen LogP contribution in [0.3, 0.4) is 0 Å². The Bertz CT molecular complexity index is 1190. The van der Waals surface area contributed by atoms with Gasteiger partial charge in [0.05, 0.1) is 17.1 Å². The molecule has 8 heteroatoms. The van der Waals surface area contributed by atoms with Gasteiger partial charge in [0.25, 0.3) is 5.91 Å². The van der Waals surface area contributed by atoms with Crippen LogP contribution in [0.2, 0.25) is 0 Å². The molecule has 0 saturated carbocycles. The van der Waals surface area contributed by atoms with Crippen LogP contribution in [0.25, 0.3) is 11.0 Å². The van der Waals surface area contributed by atoms with Crippen molar-refractivity contribution in [2.24, 2.45) is 0 Å². The van der Waals surface area contributed by atoms with Crippen LogP contribution in [0.4, 0.5) is 5.69 Å². The molecule has 3 aromatic rings. The summed E-state index contributed by atoms with van der Waals surface area (Å²) in [6.45, 7) is 3.41. The normalized spacial score (nSPS) is 16.0. The molecule has 1 aromatic heterocycles. The monoisotopic (exact) mass is 409 g/mol. The molecule has 0 spiro atoms. The summed E-state index contributed by atoms with van der Waals surface area (Å²) in [6.07, 6.45) is 2.16. The lowest BCUT2D eigenvalue weighted by molar-refractivity contribution is 0.0680. The van der Waals surface area contributed by atoms with Crippen LogP contribution in [0, 0.1) is 0 Å². The number of nitrogens with zero attached hydrogens (tertiary/aromatic N) is 1. The molecule has 0 aliphatic carbocycles. The number of H-pyrrole nitrogens is 1. The SMILES string of the molecule is CCn1c(=O)c(=O)[nH]c2cc(C(=O)Nc3cccc(OC[C@H]4CCCO4)c3)ccc21. The zero-order valence-electron chi connectivity index (χ0n) is 16.6. The molecule has 0 radical (unpaired) electrons. The third kappa shape index (κ3) is 4.13. The zero-order chi connectivity index (χ0) is 21.1. The van der Waals surface area contributed by atoms with E-state index in [0.29, 0.717) is 41.2 Å². The second-order valence-corrected chi connectivity index (χ2v) is 7.16. The Hall–Kier alpha value is -3.39. The molecule has 1 aliphatic rings. The number of rotatable bonds is 6. The average Bonchev–Trinajstić information content (AvgIpc) is 3.27. The van der Waals surface area contributed by atoms with E-state index in [1.165, 1.54) is 4.57 Å². The molecule has 1 amide bonds. The summed E-state index contributed by atoms with van der Waals surface area (Å²) >= 11 is 0. The van der Waals surface area contributed by atoms with Gasteiger partial charge >= 0.3 is 11.1 Å². The predicted molar refractivity (Wildman–Crippen MR) is 113 cm³/mol. The topological polar surface area (TPSA) is 102 Å². The van der Waals surface area contributed by atoms with Crippen LogP contribution < -0.4 is 21.2 Å². The summed E-state index contributed by atoms with van der Waals surface area (Å²) in [5, 5.41) is 2.84. The van der Waals surface area contributed by atoms with Crippen molar-refractivity contribution in [1.82, 2.24) is 9.55 Å². The van der Waals surface area contributed by atoms with Gasteiger partial charge in [-0.1, -0.05) is 6.07 Å². The summed E-state index contributed by atoms with van der Waals surface area (Å²) in [5.41, 5.74) is 0.646. The van der Waals surface area contributed by atoms with Crippen LogP contribution >= 0.6 is 0 Å². The molecule has 0 bridgehead atoms. The van der Waals surface area contributed by atoms with Crippen LogP contribution in [-0.2, 0) is 11.3 Å². The number of amides is 1. The second kappa shape index (κ2) is 8.54. The quantitative estimate of drug-likeness (QED) is 0.609. The van der Waals surface area contributed by atoms with Crippen LogP contribution in [0.1, 0.15) is 30.1 Å². The summed E-state index contributed by atoms with van der Waals surface area (Å²) < 4.78 is 12.7. The van der Waals surface area contributed by atoms with Crippen molar-refractivity contribution in [3.8, 4) is 5.75 Å². The number of ether oxygens (including phenoxy) is 2. The largest absolute Gasteiger partial charge is 0.491 e. The molecule has 2 aromatic carbocycles. The molecule has 4 rings (SSSR count). The highest BCUT2D eigenvalue weighted by Gasteiger charge is 2.16. The number of carbonyl (C=O) groups excluding carboxylic acids is 1. The molecule has 1 atom stereocenters. The summed E-state index contributed by atoms with van der Waals surface area (Å²) in [4.78, 5) is 39.1. The maximum atomic E-state index is 12.7. The van der Waals surface area contributed by atoms with E-state index >= 15 is 0 Å². The first-order chi connectivity index (χ1) is 14.5. The van der Waals surface area contributed by atoms with Crippen molar-refractivity contribution >= 4 is 22.6 Å². The second-order valence-electron chi connectivity index (χ2n) is 7.16. The molecule has 156 valence electrons. The van der Waals surface area contributed by atoms with Crippen LogP contribution in [0.5, 0.6) is 5.75 Å². The Labute approximate surface area is 172 Å². The molecule has 1 aliphatic heterocycles. The molecule has 0 unspecified atom stereocenters. The fourth-order valence-electron chi connectivity index (χ4n) is 3.57. The first-order valence-corrected chi connectivity index (χ1v) is 9.98. The third-order valence-corrected chi connectivity index (χ3v) is 5.11. The minimum Gasteiger partial charge on any atom is -0.491 e. The Kier molecular flexibility index (Phi) is 5.67. The molecule has 2 N–H and O–H groups in total. The fourth-order valence-corrected chi connectivity index (χ4v) is 3.57. The van der Waals surface area contributed by atoms with E-state index in [0.717, 1.165) is 19.4 Å². The Morgan fingerprint density at radius 2 is 2.13 bits per heavy atom.